The maximum atomic E-state index is 11.8. The van der Waals surface area contributed by atoms with Gasteiger partial charge in [0, 0.05) is 10.4 Å². The number of hydrogen-bond donors (Lipinski definition) is 4. The van der Waals surface area contributed by atoms with Gasteiger partial charge in [0.05, 0.1) is 0 Å². The van der Waals surface area contributed by atoms with E-state index in [9.17, 15) is 9.59 Å². The molecule has 1 heterocycles. The van der Waals surface area contributed by atoms with E-state index in [0.29, 0.717) is 20.7 Å². The molecule has 0 unspecified atom stereocenters. The van der Waals surface area contributed by atoms with Crippen LogP contribution in [0.1, 0.15) is 43.4 Å². The number of nitrogens with two attached hydrogens (primary N) is 4. The normalized spacial score (nSPS) is 15.6. The van der Waals surface area contributed by atoms with Crippen LogP contribution < -0.4 is 33.2 Å². The third-order valence-corrected chi connectivity index (χ3v) is 5.38. The van der Waals surface area contributed by atoms with Gasteiger partial charge in [-0.15, -0.1) is 10.2 Å². The van der Waals surface area contributed by atoms with Crippen LogP contribution in [0.25, 0.3) is 0 Å². The van der Waals surface area contributed by atoms with Crippen LogP contribution in [-0.4, -0.2) is 27.2 Å². The van der Waals surface area contributed by atoms with E-state index in [1.54, 1.807) is 12.1 Å². The predicted molar refractivity (Wildman–Crippen MR) is 108 cm³/mol. The molecular weight excluding hydrogens is 398 g/mol. The van der Waals surface area contributed by atoms with Crippen molar-refractivity contribution >= 4 is 35.4 Å². The molecule has 8 N–H and O–H groups in total. The van der Waals surface area contributed by atoms with Crippen molar-refractivity contribution < 1.29 is 9.59 Å². The molecule has 1 aromatic carbocycles. The first kappa shape index (κ1) is 20.7. The summed E-state index contributed by atoms with van der Waals surface area (Å²) in [4.78, 5) is 27.4. The number of halogens is 1. The Morgan fingerprint density at radius 3 is 2.07 bits per heavy atom. The molecule has 2 aromatic rings. The number of nitrogens with zero attached hydrogens (tertiary/aromatic N) is 5. The van der Waals surface area contributed by atoms with Gasteiger partial charge < -0.3 is 11.5 Å². The first-order chi connectivity index (χ1) is 13.8. The summed E-state index contributed by atoms with van der Waals surface area (Å²) in [6, 6.07) is 5.41. The lowest BCUT2D eigenvalue weighted by atomic mass is 9.67. The van der Waals surface area contributed by atoms with E-state index < -0.39 is 17.5 Å². The van der Waals surface area contributed by atoms with Gasteiger partial charge in [-0.3, -0.25) is 0 Å². The zero-order valence-corrected chi connectivity index (χ0v) is 16.3. The number of urea groups is 2. The lowest BCUT2D eigenvalue weighted by molar-refractivity contribution is 0.253. The van der Waals surface area contributed by atoms with Crippen LogP contribution in [0.15, 0.2) is 24.3 Å². The summed E-state index contributed by atoms with van der Waals surface area (Å²) >= 11 is 6.06. The molecule has 4 amide bonds. The van der Waals surface area contributed by atoms with Crippen LogP contribution in [0.4, 0.5) is 21.4 Å². The first-order valence-corrected chi connectivity index (χ1v) is 9.34. The standard InChI is InChI=1S/C17H22ClN9O2/c18-11-6-4-10(5-7-11)17(8-2-1-3-9-17)12-13(26(21)14(19)28)23-16(25-24-12)27(22)15(20)29/h4-7H,1-3,8-9,21-22H2,(H2,19,28)(H2,20,29). The molecule has 0 bridgehead atoms. The highest BCUT2D eigenvalue weighted by atomic mass is 35.5. The minimum atomic E-state index is -1.00. The zero-order chi connectivity index (χ0) is 21.2. The molecule has 0 spiro atoms. The second-order valence-electron chi connectivity index (χ2n) is 6.85. The largest absolute Gasteiger partial charge is 0.350 e. The van der Waals surface area contributed by atoms with E-state index in [1.165, 1.54) is 0 Å². The molecule has 0 saturated heterocycles. The maximum absolute atomic E-state index is 11.8. The fraction of sp³-hybridized carbons (Fsp3) is 0.353. The molecule has 1 saturated carbocycles. The Balaban J connectivity index is 2.22. The van der Waals surface area contributed by atoms with Crippen LogP contribution in [0, 0.1) is 0 Å². The van der Waals surface area contributed by atoms with E-state index in [-0.39, 0.29) is 11.8 Å². The molecule has 0 aliphatic heterocycles. The first-order valence-electron chi connectivity index (χ1n) is 8.96. The number of carbonyl (C=O) groups is 2. The molecule has 12 heteroatoms. The molecule has 11 nitrogen and oxygen atoms in total. The van der Waals surface area contributed by atoms with Gasteiger partial charge in [0.1, 0.15) is 5.69 Å². The zero-order valence-electron chi connectivity index (χ0n) is 15.6. The molecule has 0 radical (unpaired) electrons. The Morgan fingerprint density at radius 2 is 1.52 bits per heavy atom. The number of benzene rings is 1. The number of carbonyl (C=O) groups excluding carboxylic acids is 2. The Kier molecular flexibility index (Phi) is 5.82. The summed E-state index contributed by atoms with van der Waals surface area (Å²) in [5.74, 6) is 11.1. The van der Waals surface area contributed by atoms with Crippen LogP contribution in [0.3, 0.4) is 0 Å². The molecule has 1 aliphatic carbocycles. The Morgan fingerprint density at radius 1 is 0.931 bits per heavy atom. The van der Waals surface area contributed by atoms with Crippen molar-refractivity contribution in [3.8, 4) is 0 Å². The predicted octanol–water partition coefficient (Wildman–Crippen LogP) is 1.29. The van der Waals surface area contributed by atoms with Gasteiger partial charge in [-0.2, -0.15) is 9.99 Å². The summed E-state index contributed by atoms with van der Waals surface area (Å²) in [6.07, 6.45) is 4.37. The number of rotatable bonds is 4. The van der Waals surface area contributed by atoms with Crippen molar-refractivity contribution in [3.05, 3.63) is 40.5 Å². The number of primary amides is 2. The molecular formula is C17H22ClN9O2. The summed E-state index contributed by atoms with van der Waals surface area (Å²) in [5.41, 5.74) is 11.2. The van der Waals surface area contributed by atoms with Crippen LogP contribution in [0.5, 0.6) is 0 Å². The molecule has 0 atom stereocenters. The van der Waals surface area contributed by atoms with Crippen molar-refractivity contribution in [2.45, 2.75) is 37.5 Å². The second-order valence-corrected chi connectivity index (χ2v) is 7.29. The topological polar surface area (TPSA) is 183 Å². The van der Waals surface area contributed by atoms with E-state index >= 15 is 0 Å². The van der Waals surface area contributed by atoms with E-state index in [4.69, 9.17) is 34.8 Å². The fourth-order valence-corrected chi connectivity index (χ4v) is 3.80. The van der Waals surface area contributed by atoms with Gasteiger partial charge in [-0.05, 0) is 30.5 Å². The number of aromatic nitrogens is 3. The maximum Gasteiger partial charge on any atom is 0.336 e. The fourth-order valence-electron chi connectivity index (χ4n) is 3.68. The monoisotopic (exact) mass is 419 g/mol. The quantitative estimate of drug-likeness (QED) is 0.326. The summed E-state index contributed by atoms with van der Waals surface area (Å²) in [6.45, 7) is 0. The average Bonchev–Trinajstić information content (AvgIpc) is 2.73. The molecule has 1 aliphatic rings. The molecule has 29 heavy (non-hydrogen) atoms. The lowest BCUT2D eigenvalue weighted by Gasteiger charge is -2.38. The minimum absolute atomic E-state index is 0.0453. The van der Waals surface area contributed by atoms with Gasteiger partial charge in [0.2, 0.25) is 0 Å². The molecule has 1 aromatic heterocycles. The highest BCUT2D eigenvalue weighted by Crippen LogP contribution is 2.46. The second kappa shape index (κ2) is 8.15. The third kappa shape index (κ3) is 3.92. The van der Waals surface area contributed by atoms with E-state index in [1.807, 2.05) is 12.1 Å². The Hall–Kier alpha value is -3.02. The Labute approximate surface area is 171 Å². The van der Waals surface area contributed by atoms with Crippen LogP contribution in [-0.2, 0) is 5.41 Å². The smallest absolute Gasteiger partial charge is 0.336 e. The van der Waals surface area contributed by atoms with Gasteiger partial charge in [0.25, 0.3) is 5.95 Å². The highest BCUT2D eigenvalue weighted by Gasteiger charge is 2.41. The van der Waals surface area contributed by atoms with Gasteiger partial charge in [-0.25, -0.2) is 26.3 Å². The van der Waals surface area contributed by atoms with Gasteiger partial charge in [0.15, 0.2) is 5.82 Å². The number of hydrazine groups is 2. The van der Waals surface area contributed by atoms with E-state index in [2.05, 4.69) is 15.2 Å². The average molecular weight is 420 g/mol. The van der Waals surface area contributed by atoms with Crippen molar-refractivity contribution in [2.24, 2.45) is 23.2 Å². The van der Waals surface area contributed by atoms with E-state index in [0.717, 1.165) is 37.7 Å². The molecule has 3 rings (SSSR count). The molecule has 1 fully saturated rings. The van der Waals surface area contributed by atoms with Crippen molar-refractivity contribution in [1.29, 1.82) is 0 Å². The van der Waals surface area contributed by atoms with Crippen LogP contribution >= 0.6 is 11.6 Å². The van der Waals surface area contributed by atoms with Crippen molar-refractivity contribution in [3.63, 3.8) is 0 Å². The van der Waals surface area contributed by atoms with Gasteiger partial charge in [-0.1, -0.05) is 43.0 Å². The number of hydrogen-bond acceptors (Lipinski definition) is 7. The van der Waals surface area contributed by atoms with Gasteiger partial charge >= 0.3 is 12.1 Å². The minimum Gasteiger partial charge on any atom is -0.350 e. The summed E-state index contributed by atoms with van der Waals surface area (Å²) in [7, 11) is 0. The van der Waals surface area contributed by atoms with Crippen LogP contribution in [0.2, 0.25) is 5.02 Å². The summed E-state index contributed by atoms with van der Waals surface area (Å²) in [5, 5.41) is 9.98. The molecule has 154 valence electrons. The third-order valence-electron chi connectivity index (χ3n) is 5.13. The van der Waals surface area contributed by atoms with Crippen molar-refractivity contribution in [1.82, 2.24) is 15.2 Å². The lowest BCUT2D eigenvalue weighted by Crippen LogP contribution is -2.47. The SMILES string of the molecule is NC(=O)N(N)c1nnc(C2(c3ccc(Cl)cc3)CCCCC2)c(N(N)C(N)=O)n1. The number of anilines is 2. The highest BCUT2D eigenvalue weighted by molar-refractivity contribution is 6.30. The Bertz CT molecular complexity index is 916. The summed E-state index contributed by atoms with van der Waals surface area (Å²) < 4.78 is 0. The van der Waals surface area contributed by atoms with Crippen molar-refractivity contribution in [2.75, 3.05) is 10.0 Å². The number of amides is 4.